The zero-order valence-electron chi connectivity index (χ0n) is 11.7. The SMILES string of the molecule is CCCNCCCCCCN(CCC)/[N+]([O-])=N/[O-]. The number of nitrogens with one attached hydrogen (secondary N) is 1. The summed E-state index contributed by atoms with van der Waals surface area (Å²) in [6.07, 6.45) is 6.35. The van der Waals surface area contributed by atoms with Gasteiger partial charge in [-0.15, -0.1) is 5.01 Å². The van der Waals surface area contributed by atoms with Gasteiger partial charge in [0.25, 0.3) is 0 Å². The van der Waals surface area contributed by atoms with Crippen LogP contribution in [0.2, 0.25) is 0 Å². The Hall–Kier alpha value is -1.04. The first-order valence-electron chi connectivity index (χ1n) is 7.02. The summed E-state index contributed by atoms with van der Waals surface area (Å²) in [5, 5.41) is 28.5. The van der Waals surface area contributed by atoms with Gasteiger partial charge in [0, 0.05) is 4.97 Å². The average Bonchev–Trinajstić information content (AvgIpc) is 2.39. The van der Waals surface area contributed by atoms with E-state index >= 15 is 0 Å². The number of hydrogen-bond donors (Lipinski definition) is 1. The van der Waals surface area contributed by atoms with Gasteiger partial charge in [-0.3, -0.25) is 0 Å². The molecule has 0 bridgehead atoms. The third kappa shape index (κ3) is 9.04. The number of nitrogens with zero attached hydrogens (tertiary/aromatic N) is 3. The van der Waals surface area contributed by atoms with E-state index in [1.807, 2.05) is 6.92 Å². The lowest BCUT2D eigenvalue weighted by Gasteiger charge is -2.18. The second-order valence-corrected chi connectivity index (χ2v) is 4.45. The molecule has 0 radical (unpaired) electrons. The highest BCUT2D eigenvalue weighted by Crippen LogP contribution is 2.03. The molecule has 1 N–H and O–H groups in total. The minimum absolute atomic E-state index is 0.173. The van der Waals surface area contributed by atoms with Crippen molar-refractivity contribution in [1.82, 2.24) is 10.3 Å². The van der Waals surface area contributed by atoms with Gasteiger partial charge in [-0.25, -0.2) is 0 Å². The topological polar surface area (TPSA) is 76.8 Å². The lowest BCUT2D eigenvalue weighted by molar-refractivity contribution is -0.690. The maximum absolute atomic E-state index is 11.1. The van der Waals surface area contributed by atoms with Crippen molar-refractivity contribution in [2.45, 2.75) is 52.4 Å². The van der Waals surface area contributed by atoms with Crippen molar-refractivity contribution in [3.05, 3.63) is 10.4 Å². The van der Waals surface area contributed by atoms with E-state index in [0.29, 0.717) is 13.1 Å². The van der Waals surface area contributed by atoms with E-state index in [1.165, 1.54) is 17.9 Å². The van der Waals surface area contributed by atoms with Crippen LogP contribution in [0.5, 0.6) is 0 Å². The number of hydrogen-bond acceptors (Lipinski definition) is 4. The van der Waals surface area contributed by atoms with E-state index in [-0.39, 0.29) is 4.97 Å². The van der Waals surface area contributed by atoms with E-state index < -0.39 is 0 Å². The van der Waals surface area contributed by atoms with Crippen molar-refractivity contribution in [2.75, 3.05) is 26.2 Å². The summed E-state index contributed by atoms with van der Waals surface area (Å²) in [7, 11) is 0. The third-order valence-electron chi connectivity index (χ3n) is 2.74. The van der Waals surface area contributed by atoms with Crippen molar-refractivity contribution >= 4 is 0 Å². The molecule has 0 heterocycles. The third-order valence-corrected chi connectivity index (χ3v) is 2.74. The van der Waals surface area contributed by atoms with Gasteiger partial charge in [0.2, 0.25) is 0 Å². The molecule has 108 valence electrons. The van der Waals surface area contributed by atoms with Crippen molar-refractivity contribution in [3.63, 3.8) is 0 Å². The molecule has 0 fully saturated rings. The smallest absolute Gasteiger partial charge is 0.0767 e. The van der Waals surface area contributed by atoms with Gasteiger partial charge >= 0.3 is 0 Å². The highest BCUT2D eigenvalue weighted by atomic mass is 16.6. The zero-order valence-corrected chi connectivity index (χ0v) is 11.7. The van der Waals surface area contributed by atoms with Crippen LogP contribution in [0.15, 0.2) is 5.28 Å². The van der Waals surface area contributed by atoms with Gasteiger partial charge < -0.3 is 15.7 Å². The summed E-state index contributed by atoms with van der Waals surface area (Å²) in [6.45, 7) is 7.49. The molecule has 0 aliphatic rings. The maximum Gasteiger partial charge on any atom is 0.0767 e. The van der Waals surface area contributed by atoms with Crippen molar-refractivity contribution < 1.29 is 4.97 Å². The maximum atomic E-state index is 11.1. The van der Waals surface area contributed by atoms with Crippen molar-refractivity contribution in [1.29, 1.82) is 0 Å². The Bertz CT molecular complexity index is 212. The van der Waals surface area contributed by atoms with E-state index in [4.69, 9.17) is 0 Å². The van der Waals surface area contributed by atoms with Gasteiger partial charge in [0.05, 0.1) is 13.1 Å². The lowest BCUT2D eigenvalue weighted by atomic mass is 10.2. The van der Waals surface area contributed by atoms with Gasteiger partial charge in [0.15, 0.2) is 0 Å². The lowest BCUT2D eigenvalue weighted by Crippen LogP contribution is -2.32. The fraction of sp³-hybridized carbons (Fsp3) is 1.00. The minimum Gasteiger partial charge on any atom is -0.737 e. The molecule has 6 nitrogen and oxygen atoms in total. The number of unbranched alkanes of at least 4 members (excludes halogenated alkanes) is 3. The first-order chi connectivity index (χ1) is 8.76. The van der Waals surface area contributed by atoms with Crippen LogP contribution >= 0.6 is 0 Å². The highest BCUT2D eigenvalue weighted by molar-refractivity contribution is 4.51. The van der Waals surface area contributed by atoms with Crippen LogP contribution in [0.25, 0.3) is 0 Å². The van der Waals surface area contributed by atoms with Crippen LogP contribution in [0, 0.1) is 10.4 Å². The monoisotopic (exact) mass is 259 g/mol. The number of rotatable bonds is 12. The van der Waals surface area contributed by atoms with Gasteiger partial charge in [-0.05, 0) is 44.1 Å². The summed E-state index contributed by atoms with van der Waals surface area (Å²) < 4.78 is 0. The Morgan fingerprint density at radius 3 is 2.33 bits per heavy atom. The Morgan fingerprint density at radius 1 is 1.00 bits per heavy atom. The van der Waals surface area contributed by atoms with Crippen LogP contribution in [0.4, 0.5) is 0 Å². The van der Waals surface area contributed by atoms with Crippen LogP contribution in [-0.2, 0) is 0 Å². The first kappa shape index (κ1) is 17.0. The molecule has 0 spiro atoms. The van der Waals surface area contributed by atoms with E-state index in [9.17, 15) is 10.4 Å². The van der Waals surface area contributed by atoms with E-state index in [0.717, 1.165) is 38.8 Å². The molecule has 0 aliphatic heterocycles. The second-order valence-electron chi connectivity index (χ2n) is 4.45. The molecule has 0 rings (SSSR count). The van der Waals surface area contributed by atoms with Crippen LogP contribution in [-0.4, -0.2) is 36.2 Å². The average molecular weight is 259 g/mol. The summed E-state index contributed by atoms with van der Waals surface area (Å²) in [4.78, 5) is 0.173. The largest absolute Gasteiger partial charge is 0.737 e. The molecule has 0 unspecified atom stereocenters. The molecule has 0 aromatic rings. The quantitative estimate of drug-likeness (QED) is 0.253. The van der Waals surface area contributed by atoms with Crippen molar-refractivity contribution in [2.24, 2.45) is 5.28 Å². The predicted octanol–water partition coefficient (Wildman–Crippen LogP) is 2.63. The van der Waals surface area contributed by atoms with Crippen LogP contribution < -0.4 is 5.32 Å². The molecule has 0 aromatic carbocycles. The Morgan fingerprint density at radius 2 is 1.72 bits per heavy atom. The molecule has 0 amide bonds. The molecule has 0 saturated carbocycles. The Kier molecular flexibility index (Phi) is 11.7. The normalized spacial score (nSPS) is 11.8. The summed E-state index contributed by atoms with van der Waals surface area (Å²) in [5.41, 5.74) is 0. The minimum atomic E-state index is 0.173. The molecular formula is C12H27N4O2-. The molecular weight excluding hydrogens is 232 g/mol. The molecule has 0 aromatic heterocycles. The van der Waals surface area contributed by atoms with Crippen LogP contribution in [0.3, 0.4) is 0 Å². The number of hydrazine groups is 1. The van der Waals surface area contributed by atoms with E-state index in [1.54, 1.807) is 0 Å². The summed E-state index contributed by atoms with van der Waals surface area (Å²) >= 11 is 0. The highest BCUT2D eigenvalue weighted by Gasteiger charge is 2.08. The van der Waals surface area contributed by atoms with Gasteiger partial charge in [0.1, 0.15) is 0 Å². The zero-order chi connectivity index (χ0) is 13.6. The fourth-order valence-electron chi connectivity index (χ4n) is 1.79. The Balaban J connectivity index is 3.49. The van der Waals surface area contributed by atoms with Crippen LogP contribution in [0.1, 0.15) is 52.4 Å². The van der Waals surface area contributed by atoms with E-state index in [2.05, 4.69) is 17.5 Å². The fourth-order valence-corrected chi connectivity index (χ4v) is 1.79. The standard InChI is InChI=1S/C12H28N4O2/c1-3-9-13-10-7-5-6-8-12-15(11-4-2)16(18)14-17/h13,17H,3-12H2,1-2H3/p-1/b16-14-. The van der Waals surface area contributed by atoms with Crippen molar-refractivity contribution in [3.8, 4) is 0 Å². The summed E-state index contributed by atoms with van der Waals surface area (Å²) in [5.74, 6) is 0. The molecule has 0 atom stereocenters. The Labute approximate surface area is 110 Å². The molecule has 18 heavy (non-hydrogen) atoms. The molecule has 0 aliphatic carbocycles. The summed E-state index contributed by atoms with van der Waals surface area (Å²) in [6, 6.07) is 0. The molecule has 6 heteroatoms. The first-order valence-corrected chi connectivity index (χ1v) is 7.02. The molecule has 0 saturated heterocycles. The van der Waals surface area contributed by atoms with Gasteiger partial charge in [-0.2, -0.15) is 0 Å². The second kappa shape index (κ2) is 12.4. The van der Waals surface area contributed by atoms with Gasteiger partial charge in [-0.1, -0.05) is 26.7 Å². The predicted molar refractivity (Wildman–Crippen MR) is 72.9 cm³/mol.